The van der Waals surface area contributed by atoms with Gasteiger partial charge >= 0.3 is 0 Å². The van der Waals surface area contributed by atoms with E-state index < -0.39 is 0 Å². The van der Waals surface area contributed by atoms with Crippen molar-refractivity contribution in [2.45, 2.75) is 0 Å². The molecule has 2 N–H and O–H groups in total. The van der Waals surface area contributed by atoms with Gasteiger partial charge in [0, 0.05) is 14.6 Å². The van der Waals surface area contributed by atoms with Gasteiger partial charge in [-0.2, -0.15) is 0 Å². The van der Waals surface area contributed by atoms with Crippen LogP contribution in [-0.4, -0.2) is 9.97 Å². The summed E-state index contributed by atoms with van der Waals surface area (Å²) in [6.07, 6.45) is 0. The molecule has 5 heteroatoms. The van der Waals surface area contributed by atoms with Crippen LogP contribution in [0.15, 0.2) is 51.4 Å². The number of imidazole rings is 1. The van der Waals surface area contributed by atoms with E-state index in [4.69, 9.17) is 0 Å². The molecule has 1 heterocycles. The Morgan fingerprint density at radius 3 is 2.67 bits per heavy atom. The quantitative estimate of drug-likeness (QED) is 0.681. The van der Waals surface area contributed by atoms with Gasteiger partial charge in [-0.15, -0.1) is 0 Å². The van der Waals surface area contributed by atoms with Crippen LogP contribution in [0.25, 0.3) is 11.0 Å². The minimum absolute atomic E-state index is 0.737. The van der Waals surface area contributed by atoms with Crippen LogP contribution < -0.4 is 5.32 Å². The molecule has 3 nitrogen and oxygen atoms in total. The molecule has 0 unspecified atom stereocenters. The first-order valence-electron chi connectivity index (χ1n) is 5.38. The summed E-state index contributed by atoms with van der Waals surface area (Å²) in [6.45, 7) is 0. The number of hydrogen-bond acceptors (Lipinski definition) is 2. The SMILES string of the molecule is Brc1cccc(Nc2nc3ccc(Br)cc3[nH]2)c1. The van der Waals surface area contributed by atoms with E-state index >= 15 is 0 Å². The number of aromatic amines is 1. The van der Waals surface area contributed by atoms with E-state index in [1.807, 2.05) is 42.5 Å². The molecule has 0 aliphatic carbocycles. The molecule has 0 saturated heterocycles. The van der Waals surface area contributed by atoms with Gasteiger partial charge in [-0.1, -0.05) is 37.9 Å². The molecule has 90 valence electrons. The van der Waals surface area contributed by atoms with Crippen molar-refractivity contribution >= 4 is 54.5 Å². The van der Waals surface area contributed by atoms with Gasteiger partial charge in [-0.3, -0.25) is 0 Å². The molecule has 3 aromatic rings. The Hall–Kier alpha value is -1.33. The van der Waals surface area contributed by atoms with Crippen molar-refractivity contribution in [3.63, 3.8) is 0 Å². The average Bonchev–Trinajstić information content (AvgIpc) is 2.70. The third-order valence-electron chi connectivity index (χ3n) is 2.53. The Balaban J connectivity index is 1.95. The maximum absolute atomic E-state index is 4.48. The van der Waals surface area contributed by atoms with E-state index in [0.29, 0.717) is 0 Å². The molecule has 0 radical (unpaired) electrons. The summed E-state index contributed by atoms with van der Waals surface area (Å²) in [6, 6.07) is 13.9. The first kappa shape index (κ1) is 11.7. The number of nitrogens with one attached hydrogen (secondary N) is 2. The maximum atomic E-state index is 4.48. The Labute approximate surface area is 121 Å². The highest BCUT2D eigenvalue weighted by atomic mass is 79.9. The lowest BCUT2D eigenvalue weighted by Crippen LogP contribution is -1.91. The van der Waals surface area contributed by atoms with Crippen LogP contribution in [0.2, 0.25) is 0 Å². The van der Waals surface area contributed by atoms with E-state index in [2.05, 4.69) is 47.1 Å². The molecule has 0 spiro atoms. The monoisotopic (exact) mass is 365 g/mol. The molecular formula is C13H9Br2N3. The molecular weight excluding hydrogens is 358 g/mol. The molecule has 0 aliphatic rings. The van der Waals surface area contributed by atoms with Crippen molar-refractivity contribution in [1.82, 2.24) is 9.97 Å². The van der Waals surface area contributed by atoms with Crippen LogP contribution in [-0.2, 0) is 0 Å². The number of rotatable bonds is 2. The fourth-order valence-corrected chi connectivity index (χ4v) is 2.50. The summed E-state index contributed by atoms with van der Waals surface area (Å²) in [5, 5.41) is 3.24. The number of nitrogens with zero attached hydrogens (tertiary/aromatic N) is 1. The fraction of sp³-hybridized carbons (Fsp3) is 0. The number of anilines is 2. The molecule has 0 fully saturated rings. The van der Waals surface area contributed by atoms with Gasteiger partial charge in [0.05, 0.1) is 11.0 Å². The molecule has 3 rings (SSSR count). The largest absolute Gasteiger partial charge is 0.326 e. The van der Waals surface area contributed by atoms with Crippen LogP contribution in [0.3, 0.4) is 0 Å². The molecule has 1 aromatic heterocycles. The van der Waals surface area contributed by atoms with Crippen molar-refractivity contribution in [3.05, 3.63) is 51.4 Å². The summed E-state index contributed by atoms with van der Waals surface area (Å²) < 4.78 is 2.07. The molecule has 0 saturated carbocycles. The molecule has 0 atom stereocenters. The van der Waals surface area contributed by atoms with Crippen molar-refractivity contribution in [3.8, 4) is 0 Å². The minimum Gasteiger partial charge on any atom is -0.326 e. The number of halogens is 2. The maximum Gasteiger partial charge on any atom is 0.205 e. The topological polar surface area (TPSA) is 40.7 Å². The third kappa shape index (κ3) is 2.42. The number of fused-ring (bicyclic) bond motifs is 1. The summed E-state index contributed by atoms with van der Waals surface area (Å²) in [7, 11) is 0. The standard InChI is InChI=1S/C13H9Br2N3/c14-8-2-1-3-10(6-8)16-13-17-11-5-4-9(15)7-12(11)18-13/h1-7H,(H2,16,17,18). The minimum atomic E-state index is 0.737. The van der Waals surface area contributed by atoms with E-state index in [-0.39, 0.29) is 0 Å². The number of hydrogen-bond donors (Lipinski definition) is 2. The molecule has 2 aromatic carbocycles. The van der Waals surface area contributed by atoms with Gasteiger partial charge in [0.25, 0.3) is 0 Å². The van der Waals surface area contributed by atoms with Gasteiger partial charge in [0.2, 0.25) is 5.95 Å². The summed E-state index contributed by atoms with van der Waals surface area (Å²) in [5.41, 5.74) is 2.93. The van der Waals surface area contributed by atoms with E-state index in [0.717, 1.165) is 31.6 Å². The van der Waals surface area contributed by atoms with Gasteiger partial charge in [0.15, 0.2) is 0 Å². The Kier molecular flexibility index (Phi) is 3.09. The summed E-state index contributed by atoms with van der Waals surface area (Å²) >= 11 is 6.89. The molecule has 0 aliphatic heterocycles. The number of H-pyrrole nitrogens is 1. The second-order valence-corrected chi connectivity index (χ2v) is 5.71. The molecule has 0 bridgehead atoms. The van der Waals surface area contributed by atoms with Crippen LogP contribution in [0.4, 0.5) is 11.6 Å². The average molecular weight is 367 g/mol. The highest BCUT2D eigenvalue weighted by molar-refractivity contribution is 9.10. The van der Waals surface area contributed by atoms with Gasteiger partial charge in [0.1, 0.15) is 0 Å². The Bertz CT molecular complexity index is 706. The van der Waals surface area contributed by atoms with E-state index in [9.17, 15) is 0 Å². The van der Waals surface area contributed by atoms with Crippen molar-refractivity contribution in [2.75, 3.05) is 5.32 Å². The summed E-state index contributed by atoms with van der Waals surface area (Å²) in [4.78, 5) is 7.71. The normalized spacial score (nSPS) is 10.8. The van der Waals surface area contributed by atoms with Gasteiger partial charge < -0.3 is 10.3 Å². The van der Waals surface area contributed by atoms with Gasteiger partial charge in [-0.05, 0) is 36.4 Å². The zero-order valence-electron chi connectivity index (χ0n) is 9.24. The van der Waals surface area contributed by atoms with Crippen molar-refractivity contribution < 1.29 is 0 Å². The predicted molar refractivity (Wildman–Crippen MR) is 81.2 cm³/mol. The second-order valence-electron chi connectivity index (χ2n) is 3.88. The van der Waals surface area contributed by atoms with Crippen molar-refractivity contribution in [2.24, 2.45) is 0 Å². The lowest BCUT2D eigenvalue weighted by Gasteiger charge is -2.02. The summed E-state index contributed by atoms with van der Waals surface area (Å²) in [5.74, 6) is 0.737. The number of benzene rings is 2. The lowest BCUT2D eigenvalue weighted by atomic mass is 10.3. The van der Waals surface area contributed by atoms with Crippen LogP contribution in [0.5, 0.6) is 0 Å². The van der Waals surface area contributed by atoms with Gasteiger partial charge in [-0.25, -0.2) is 4.98 Å². The smallest absolute Gasteiger partial charge is 0.205 e. The first-order chi connectivity index (χ1) is 8.70. The zero-order valence-corrected chi connectivity index (χ0v) is 12.4. The Morgan fingerprint density at radius 1 is 1.00 bits per heavy atom. The van der Waals surface area contributed by atoms with E-state index in [1.54, 1.807) is 0 Å². The highest BCUT2D eigenvalue weighted by Gasteiger charge is 2.03. The molecule has 18 heavy (non-hydrogen) atoms. The van der Waals surface area contributed by atoms with Crippen LogP contribution in [0.1, 0.15) is 0 Å². The van der Waals surface area contributed by atoms with Crippen molar-refractivity contribution in [1.29, 1.82) is 0 Å². The lowest BCUT2D eigenvalue weighted by molar-refractivity contribution is 1.31. The first-order valence-corrected chi connectivity index (χ1v) is 6.97. The second kappa shape index (κ2) is 4.74. The zero-order chi connectivity index (χ0) is 12.5. The highest BCUT2D eigenvalue weighted by Crippen LogP contribution is 2.22. The van der Waals surface area contributed by atoms with Crippen LogP contribution >= 0.6 is 31.9 Å². The number of aromatic nitrogens is 2. The fourth-order valence-electron chi connectivity index (χ4n) is 1.74. The van der Waals surface area contributed by atoms with Crippen LogP contribution in [0, 0.1) is 0 Å². The Morgan fingerprint density at radius 2 is 1.83 bits per heavy atom. The molecule has 0 amide bonds. The third-order valence-corrected chi connectivity index (χ3v) is 3.52. The predicted octanol–water partition coefficient (Wildman–Crippen LogP) is 4.83. The van der Waals surface area contributed by atoms with E-state index in [1.165, 1.54) is 0 Å².